The van der Waals surface area contributed by atoms with E-state index in [4.69, 9.17) is 0 Å². The fourth-order valence-corrected chi connectivity index (χ4v) is 1.02. The molecule has 1 atom stereocenters. The molecule has 0 fully saturated rings. The Balaban J connectivity index is 2.63. The van der Waals surface area contributed by atoms with Gasteiger partial charge in [0.15, 0.2) is 0 Å². The number of nitrogens with one attached hydrogen (secondary N) is 1. The van der Waals surface area contributed by atoms with Crippen LogP contribution in [0.5, 0.6) is 0 Å². The van der Waals surface area contributed by atoms with Crippen LogP contribution in [-0.2, 0) is 6.54 Å². The molecule has 14 heavy (non-hydrogen) atoms. The third kappa shape index (κ3) is 2.92. The zero-order chi connectivity index (χ0) is 10.6. The van der Waals surface area contributed by atoms with Crippen LogP contribution in [0.15, 0.2) is 30.9 Å². The van der Waals surface area contributed by atoms with Gasteiger partial charge in [0.1, 0.15) is 11.6 Å². The van der Waals surface area contributed by atoms with Crippen LogP contribution in [0.3, 0.4) is 0 Å². The van der Waals surface area contributed by atoms with Gasteiger partial charge in [-0.1, -0.05) is 12.1 Å². The first-order valence-electron chi connectivity index (χ1n) is 4.43. The molecular weight excluding hydrogens is 184 g/mol. The second-order valence-corrected chi connectivity index (χ2v) is 3.14. The predicted octanol–water partition coefficient (Wildman–Crippen LogP) is 2.63. The first-order chi connectivity index (χ1) is 6.63. The standard InChI is InChI=1S/C11H13F2N/c1-3-8(2)14-7-9-4-5-10(12)6-11(9)13/h3-6,8,14H,1,7H2,2H3. The lowest BCUT2D eigenvalue weighted by atomic mass is 10.2. The van der Waals surface area contributed by atoms with Gasteiger partial charge in [0.2, 0.25) is 0 Å². The van der Waals surface area contributed by atoms with Crippen molar-refractivity contribution in [1.82, 2.24) is 5.32 Å². The van der Waals surface area contributed by atoms with Crippen LogP contribution < -0.4 is 5.32 Å². The largest absolute Gasteiger partial charge is 0.307 e. The van der Waals surface area contributed by atoms with Gasteiger partial charge in [-0.05, 0) is 13.0 Å². The lowest BCUT2D eigenvalue weighted by Crippen LogP contribution is -2.23. The summed E-state index contributed by atoms with van der Waals surface area (Å²) < 4.78 is 25.6. The molecule has 1 unspecified atom stereocenters. The van der Waals surface area contributed by atoms with Crippen molar-refractivity contribution >= 4 is 0 Å². The van der Waals surface area contributed by atoms with E-state index < -0.39 is 11.6 Å². The van der Waals surface area contributed by atoms with Crippen LogP contribution in [0.2, 0.25) is 0 Å². The Morgan fingerprint density at radius 2 is 2.21 bits per heavy atom. The summed E-state index contributed by atoms with van der Waals surface area (Å²) in [6.07, 6.45) is 1.72. The number of hydrogen-bond donors (Lipinski definition) is 1. The molecule has 0 aromatic heterocycles. The monoisotopic (exact) mass is 197 g/mol. The predicted molar refractivity (Wildman–Crippen MR) is 52.9 cm³/mol. The molecule has 1 N–H and O–H groups in total. The molecule has 0 heterocycles. The zero-order valence-corrected chi connectivity index (χ0v) is 8.06. The number of halogens is 2. The average molecular weight is 197 g/mol. The molecule has 1 nitrogen and oxygen atoms in total. The van der Waals surface area contributed by atoms with Crippen molar-refractivity contribution in [3.63, 3.8) is 0 Å². The van der Waals surface area contributed by atoms with E-state index in [1.807, 2.05) is 6.92 Å². The fourth-order valence-electron chi connectivity index (χ4n) is 1.02. The van der Waals surface area contributed by atoms with Crippen molar-refractivity contribution in [2.45, 2.75) is 19.5 Å². The molecule has 0 radical (unpaired) electrons. The number of rotatable bonds is 4. The molecule has 0 aliphatic carbocycles. The molecule has 0 aliphatic heterocycles. The van der Waals surface area contributed by atoms with Gasteiger partial charge in [0.25, 0.3) is 0 Å². The summed E-state index contributed by atoms with van der Waals surface area (Å²) in [6.45, 7) is 5.88. The Morgan fingerprint density at radius 1 is 1.50 bits per heavy atom. The van der Waals surface area contributed by atoms with Gasteiger partial charge in [-0.2, -0.15) is 0 Å². The number of hydrogen-bond acceptors (Lipinski definition) is 1. The molecule has 0 amide bonds. The van der Waals surface area contributed by atoms with Crippen molar-refractivity contribution in [3.05, 3.63) is 48.1 Å². The van der Waals surface area contributed by atoms with Crippen molar-refractivity contribution in [1.29, 1.82) is 0 Å². The lowest BCUT2D eigenvalue weighted by molar-refractivity contribution is 0.552. The van der Waals surface area contributed by atoms with Crippen molar-refractivity contribution in [2.75, 3.05) is 0 Å². The maximum absolute atomic E-state index is 13.1. The van der Waals surface area contributed by atoms with E-state index in [0.29, 0.717) is 12.1 Å². The first kappa shape index (κ1) is 10.9. The fraction of sp³-hybridized carbons (Fsp3) is 0.273. The Labute approximate surface area is 82.4 Å². The highest BCUT2D eigenvalue weighted by atomic mass is 19.1. The SMILES string of the molecule is C=CC(C)NCc1ccc(F)cc1F. The molecule has 1 aromatic rings. The van der Waals surface area contributed by atoms with Gasteiger partial charge < -0.3 is 5.32 Å². The quantitative estimate of drug-likeness (QED) is 0.732. The summed E-state index contributed by atoms with van der Waals surface area (Å²) >= 11 is 0. The molecule has 0 saturated heterocycles. The van der Waals surface area contributed by atoms with Crippen molar-refractivity contribution in [3.8, 4) is 0 Å². The van der Waals surface area contributed by atoms with Crippen molar-refractivity contribution < 1.29 is 8.78 Å². The maximum atomic E-state index is 13.1. The lowest BCUT2D eigenvalue weighted by Gasteiger charge is -2.09. The second-order valence-electron chi connectivity index (χ2n) is 3.14. The third-order valence-electron chi connectivity index (χ3n) is 1.98. The van der Waals surface area contributed by atoms with Gasteiger partial charge in [-0.3, -0.25) is 0 Å². The van der Waals surface area contributed by atoms with Crippen LogP contribution in [-0.4, -0.2) is 6.04 Å². The molecule has 0 aliphatic rings. The van der Waals surface area contributed by atoms with E-state index >= 15 is 0 Å². The Morgan fingerprint density at radius 3 is 2.79 bits per heavy atom. The summed E-state index contributed by atoms with van der Waals surface area (Å²) in [6, 6.07) is 3.68. The summed E-state index contributed by atoms with van der Waals surface area (Å²) in [5.41, 5.74) is 0.458. The summed E-state index contributed by atoms with van der Waals surface area (Å²) in [7, 11) is 0. The minimum absolute atomic E-state index is 0.111. The van der Waals surface area contributed by atoms with Crippen LogP contribution in [0.25, 0.3) is 0 Å². The van der Waals surface area contributed by atoms with E-state index in [1.54, 1.807) is 6.08 Å². The normalized spacial score (nSPS) is 12.5. The zero-order valence-electron chi connectivity index (χ0n) is 8.06. The molecule has 0 bridgehead atoms. The summed E-state index contributed by atoms with van der Waals surface area (Å²) in [5.74, 6) is -1.07. The van der Waals surface area contributed by atoms with Crippen LogP contribution in [0, 0.1) is 11.6 Å². The smallest absolute Gasteiger partial charge is 0.130 e. The van der Waals surface area contributed by atoms with E-state index in [9.17, 15) is 8.78 Å². The third-order valence-corrected chi connectivity index (χ3v) is 1.98. The second kappa shape index (κ2) is 4.86. The van der Waals surface area contributed by atoms with E-state index in [1.165, 1.54) is 12.1 Å². The van der Waals surface area contributed by atoms with E-state index in [2.05, 4.69) is 11.9 Å². The molecule has 0 saturated carbocycles. The van der Waals surface area contributed by atoms with Gasteiger partial charge in [-0.15, -0.1) is 6.58 Å². The van der Waals surface area contributed by atoms with E-state index in [0.717, 1.165) is 6.07 Å². The van der Waals surface area contributed by atoms with Crippen LogP contribution in [0.1, 0.15) is 12.5 Å². The first-order valence-corrected chi connectivity index (χ1v) is 4.43. The van der Waals surface area contributed by atoms with Gasteiger partial charge in [0, 0.05) is 24.2 Å². The summed E-state index contributed by atoms with van der Waals surface area (Å²) in [4.78, 5) is 0. The Hall–Kier alpha value is -1.22. The molecule has 0 spiro atoms. The van der Waals surface area contributed by atoms with Gasteiger partial charge in [-0.25, -0.2) is 8.78 Å². The highest BCUT2D eigenvalue weighted by molar-refractivity contribution is 5.18. The Bertz CT molecular complexity index is 323. The Kier molecular flexibility index (Phi) is 3.77. The highest BCUT2D eigenvalue weighted by Gasteiger charge is 2.03. The highest BCUT2D eigenvalue weighted by Crippen LogP contribution is 2.09. The molecular formula is C11H13F2N. The van der Waals surface area contributed by atoms with Crippen LogP contribution in [0.4, 0.5) is 8.78 Å². The minimum atomic E-state index is -0.553. The molecule has 3 heteroatoms. The van der Waals surface area contributed by atoms with Gasteiger partial charge in [0.05, 0.1) is 0 Å². The molecule has 76 valence electrons. The topological polar surface area (TPSA) is 12.0 Å². The molecule has 1 rings (SSSR count). The average Bonchev–Trinajstić information content (AvgIpc) is 2.16. The maximum Gasteiger partial charge on any atom is 0.130 e. The van der Waals surface area contributed by atoms with Crippen molar-refractivity contribution in [2.24, 2.45) is 0 Å². The van der Waals surface area contributed by atoms with E-state index in [-0.39, 0.29) is 6.04 Å². The summed E-state index contributed by atoms with van der Waals surface area (Å²) in [5, 5.41) is 3.03. The van der Waals surface area contributed by atoms with Gasteiger partial charge >= 0.3 is 0 Å². The minimum Gasteiger partial charge on any atom is -0.307 e. The van der Waals surface area contributed by atoms with Crippen LogP contribution >= 0.6 is 0 Å². The number of benzene rings is 1. The molecule has 1 aromatic carbocycles.